The third kappa shape index (κ3) is 4.71. The summed E-state index contributed by atoms with van der Waals surface area (Å²) in [5, 5.41) is 17.1. The van der Waals surface area contributed by atoms with Gasteiger partial charge in [-0.05, 0) is 26.1 Å². The second-order valence-electron chi connectivity index (χ2n) is 8.36. The zero-order valence-corrected chi connectivity index (χ0v) is 19.3. The standard InChI is InChI=1S/C22H24F3N7O3/c1-13-18-19(31-6-4-29(2)5-7-31)17(11-26-20(18)30(3)28-13)32(12-33)21(35)27-15-8-14(22(23,24)25)9-16(34)10-15/h8-12,34H,4-7H2,1-3H3,(H,27,35). The fraction of sp³-hybridized carbons (Fsp3) is 0.364. The maximum Gasteiger partial charge on any atom is 0.416 e. The van der Waals surface area contributed by atoms with Crippen LogP contribution in [0.25, 0.3) is 11.0 Å². The van der Waals surface area contributed by atoms with Crippen LogP contribution in [-0.4, -0.2) is 70.4 Å². The number of fused-ring (bicyclic) bond motifs is 1. The van der Waals surface area contributed by atoms with E-state index >= 15 is 0 Å². The number of likely N-dealkylation sites (N-methyl/N-ethyl adjacent to an activating group) is 1. The summed E-state index contributed by atoms with van der Waals surface area (Å²) in [5.74, 6) is -0.681. The quantitative estimate of drug-likeness (QED) is 0.541. The first kappa shape index (κ1) is 24.3. The Hall–Kier alpha value is -3.87. The van der Waals surface area contributed by atoms with Gasteiger partial charge in [-0.25, -0.2) is 14.7 Å². The topological polar surface area (TPSA) is 107 Å². The number of phenols is 1. The van der Waals surface area contributed by atoms with Gasteiger partial charge in [0, 0.05) is 45.0 Å². The molecule has 1 saturated heterocycles. The van der Waals surface area contributed by atoms with E-state index in [-0.39, 0.29) is 17.8 Å². The van der Waals surface area contributed by atoms with Crippen LogP contribution in [0.1, 0.15) is 11.3 Å². The molecule has 186 valence electrons. The number of phenolic OH excluding ortho intramolecular Hbond substituents is 1. The van der Waals surface area contributed by atoms with Crippen molar-refractivity contribution in [2.75, 3.05) is 48.3 Å². The van der Waals surface area contributed by atoms with E-state index in [1.165, 1.54) is 6.20 Å². The number of aromatic hydroxyl groups is 1. The third-order valence-electron chi connectivity index (χ3n) is 5.88. The highest BCUT2D eigenvalue weighted by Crippen LogP contribution is 2.38. The molecule has 2 aromatic heterocycles. The molecule has 35 heavy (non-hydrogen) atoms. The molecule has 0 radical (unpaired) electrons. The number of hydrogen-bond donors (Lipinski definition) is 2. The maximum absolute atomic E-state index is 13.1. The third-order valence-corrected chi connectivity index (χ3v) is 5.88. The van der Waals surface area contributed by atoms with Gasteiger partial charge in [-0.2, -0.15) is 18.3 Å². The van der Waals surface area contributed by atoms with E-state index in [4.69, 9.17) is 0 Å². The van der Waals surface area contributed by atoms with Gasteiger partial charge < -0.3 is 20.2 Å². The largest absolute Gasteiger partial charge is 0.508 e. The smallest absolute Gasteiger partial charge is 0.416 e. The summed E-state index contributed by atoms with van der Waals surface area (Å²) in [7, 11) is 3.73. The van der Waals surface area contributed by atoms with Crippen molar-refractivity contribution in [3.63, 3.8) is 0 Å². The molecule has 10 nitrogen and oxygen atoms in total. The highest BCUT2D eigenvalue weighted by Gasteiger charge is 2.32. The van der Waals surface area contributed by atoms with Crippen molar-refractivity contribution in [1.29, 1.82) is 0 Å². The summed E-state index contributed by atoms with van der Waals surface area (Å²) in [6.07, 6.45) is -3.09. The van der Waals surface area contributed by atoms with Crippen LogP contribution in [0, 0.1) is 6.92 Å². The van der Waals surface area contributed by atoms with Gasteiger partial charge in [-0.1, -0.05) is 0 Å². The Labute approximate surface area is 198 Å². The summed E-state index contributed by atoms with van der Waals surface area (Å²) in [4.78, 5) is 34.5. The number of piperazine rings is 1. The molecule has 3 heterocycles. The number of benzene rings is 1. The van der Waals surface area contributed by atoms with Crippen molar-refractivity contribution in [2.24, 2.45) is 7.05 Å². The average Bonchev–Trinajstić information content (AvgIpc) is 3.07. The highest BCUT2D eigenvalue weighted by atomic mass is 19.4. The van der Waals surface area contributed by atoms with Gasteiger partial charge >= 0.3 is 12.2 Å². The first-order valence-corrected chi connectivity index (χ1v) is 10.7. The second-order valence-corrected chi connectivity index (χ2v) is 8.36. The van der Waals surface area contributed by atoms with Gasteiger partial charge in [0.1, 0.15) is 5.75 Å². The molecule has 0 bridgehead atoms. The van der Waals surface area contributed by atoms with Crippen LogP contribution < -0.4 is 15.1 Å². The zero-order valence-electron chi connectivity index (χ0n) is 19.3. The monoisotopic (exact) mass is 491 g/mol. The number of nitrogens with zero attached hydrogens (tertiary/aromatic N) is 6. The van der Waals surface area contributed by atoms with Gasteiger partial charge in [0.2, 0.25) is 6.41 Å². The summed E-state index contributed by atoms with van der Waals surface area (Å²) < 4.78 is 41.0. The van der Waals surface area contributed by atoms with Crippen LogP contribution in [0.4, 0.5) is 35.0 Å². The molecular formula is C22H24F3N7O3. The maximum atomic E-state index is 13.1. The summed E-state index contributed by atoms with van der Waals surface area (Å²) >= 11 is 0. The molecule has 13 heteroatoms. The number of pyridine rings is 1. The normalized spacial score (nSPS) is 14.9. The molecular weight excluding hydrogens is 467 g/mol. The number of hydrogen-bond acceptors (Lipinski definition) is 7. The van der Waals surface area contributed by atoms with Crippen LogP contribution in [0.5, 0.6) is 5.75 Å². The molecule has 0 atom stereocenters. The van der Waals surface area contributed by atoms with Crippen molar-refractivity contribution in [3.05, 3.63) is 35.7 Å². The summed E-state index contributed by atoms with van der Waals surface area (Å²) in [6, 6.07) is 1.18. The molecule has 3 aromatic rings. The Morgan fingerprint density at radius 2 is 1.86 bits per heavy atom. The van der Waals surface area contributed by atoms with Crippen LogP contribution in [0.2, 0.25) is 0 Å². The van der Waals surface area contributed by atoms with E-state index in [0.717, 1.165) is 24.1 Å². The number of nitrogens with one attached hydrogen (secondary N) is 1. The Kier molecular flexibility index (Phi) is 6.28. The number of anilines is 3. The number of alkyl halides is 3. The van der Waals surface area contributed by atoms with E-state index in [1.54, 1.807) is 18.7 Å². The number of rotatable bonds is 4. The molecule has 0 unspecified atom stereocenters. The second kappa shape index (κ2) is 9.06. The van der Waals surface area contributed by atoms with E-state index in [0.29, 0.717) is 47.6 Å². The van der Waals surface area contributed by atoms with Gasteiger partial charge in [0.15, 0.2) is 5.65 Å². The van der Waals surface area contributed by atoms with Crippen molar-refractivity contribution in [2.45, 2.75) is 13.1 Å². The fourth-order valence-electron chi connectivity index (χ4n) is 4.15. The number of carbonyl (C=O) groups is 2. The first-order chi connectivity index (χ1) is 16.5. The number of halogens is 3. The summed E-state index contributed by atoms with van der Waals surface area (Å²) in [6.45, 7) is 4.53. The van der Waals surface area contributed by atoms with Crippen molar-refractivity contribution in [1.82, 2.24) is 19.7 Å². The lowest BCUT2D eigenvalue weighted by atomic mass is 10.1. The molecule has 0 saturated carbocycles. The Balaban J connectivity index is 1.76. The van der Waals surface area contributed by atoms with E-state index in [2.05, 4.69) is 20.3 Å². The number of aryl methyl sites for hydroxylation is 2. The van der Waals surface area contributed by atoms with Crippen LogP contribution in [-0.2, 0) is 18.0 Å². The first-order valence-electron chi connectivity index (χ1n) is 10.7. The predicted molar refractivity (Wildman–Crippen MR) is 124 cm³/mol. The minimum absolute atomic E-state index is 0.168. The Morgan fingerprint density at radius 1 is 1.17 bits per heavy atom. The van der Waals surface area contributed by atoms with Gasteiger partial charge in [0.05, 0.1) is 34.2 Å². The Morgan fingerprint density at radius 3 is 2.49 bits per heavy atom. The van der Waals surface area contributed by atoms with E-state index < -0.39 is 23.5 Å². The average molecular weight is 491 g/mol. The molecule has 4 rings (SSSR count). The minimum Gasteiger partial charge on any atom is -0.508 e. The molecule has 0 spiro atoms. The number of carbonyl (C=O) groups excluding carboxylic acids is 2. The number of aromatic nitrogens is 3. The number of amides is 3. The minimum atomic E-state index is -4.73. The lowest BCUT2D eigenvalue weighted by Crippen LogP contribution is -2.45. The van der Waals surface area contributed by atoms with Gasteiger partial charge in [-0.15, -0.1) is 0 Å². The van der Waals surface area contributed by atoms with E-state index in [9.17, 15) is 27.9 Å². The van der Waals surface area contributed by atoms with Crippen molar-refractivity contribution >= 4 is 40.5 Å². The van der Waals surface area contributed by atoms with Gasteiger partial charge in [0.25, 0.3) is 0 Å². The molecule has 3 amide bonds. The summed E-state index contributed by atoms with van der Waals surface area (Å²) in [5.41, 5.74) is 0.512. The number of imide groups is 1. The SMILES string of the molecule is Cc1nn(C)c2ncc(N(C=O)C(=O)Nc3cc(O)cc(C(F)(F)F)c3)c(N3CCN(C)CC3)c12. The molecule has 1 aliphatic heterocycles. The Bertz CT molecular complexity index is 1280. The molecule has 1 aliphatic rings. The molecule has 1 fully saturated rings. The lowest BCUT2D eigenvalue weighted by Gasteiger charge is -2.36. The lowest BCUT2D eigenvalue weighted by molar-refractivity contribution is -0.137. The van der Waals surface area contributed by atoms with E-state index in [1.807, 2.05) is 11.9 Å². The van der Waals surface area contributed by atoms with Gasteiger partial charge in [-0.3, -0.25) is 9.48 Å². The molecule has 1 aromatic carbocycles. The van der Waals surface area contributed by atoms with Crippen molar-refractivity contribution < 1.29 is 27.9 Å². The fourth-order valence-corrected chi connectivity index (χ4v) is 4.15. The highest BCUT2D eigenvalue weighted by molar-refractivity contribution is 6.16. The van der Waals surface area contributed by atoms with Crippen LogP contribution in [0.15, 0.2) is 24.4 Å². The van der Waals surface area contributed by atoms with Crippen LogP contribution in [0.3, 0.4) is 0 Å². The van der Waals surface area contributed by atoms with Crippen molar-refractivity contribution in [3.8, 4) is 5.75 Å². The predicted octanol–water partition coefficient (Wildman–Crippen LogP) is 2.95. The molecule has 0 aliphatic carbocycles. The molecule has 2 N–H and O–H groups in total. The number of urea groups is 1. The van der Waals surface area contributed by atoms with Crippen LogP contribution >= 0.6 is 0 Å². The zero-order chi connectivity index (χ0) is 25.5.